The van der Waals surface area contributed by atoms with E-state index in [1.807, 2.05) is 48.5 Å². The molecule has 0 bridgehead atoms. The Morgan fingerprint density at radius 3 is 2.53 bits per heavy atom. The molecule has 4 aromatic rings. The Morgan fingerprint density at radius 2 is 1.79 bits per heavy atom. The lowest BCUT2D eigenvalue weighted by Gasteiger charge is -2.19. The predicted octanol–water partition coefficient (Wildman–Crippen LogP) is 5.36. The lowest BCUT2D eigenvalue weighted by atomic mass is 10.2. The second-order valence-corrected chi connectivity index (χ2v) is 8.11. The third kappa shape index (κ3) is 5.48. The largest absolute Gasteiger partial charge is 0.486 e. The van der Waals surface area contributed by atoms with Gasteiger partial charge in [0.2, 0.25) is 5.95 Å². The van der Waals surface area contributed by atoms with Gasteiger partial charge in [-0.15, -0.1) is 0 Å². The average molecular weight is 461 g/mol. The number of carbonyl (C=O) groups is 1. The minimum absolute atomic E-state index is 0.224. The zero-order valence-corrected chi connectivity index (χ0v) is 20.1. The van der Waals surface area contributed by atoms with E-state index >= 15 is 0 Å². The number of benzene rings is 2. The molecule has 0 spiro atoms. The summed E-state index contributed by atoms with van der Waals surface area (Å²) in [6.45, 7) is 10.2. The maximum atomic E-state index is 12.9. The van der Waals surface area contributed by atoms with Gasteiger partial charge in [0.15, 0.2) is 5.76 Å². The first-order valence-electron chi connectivity index (χ1n) is 11.9. The number of furan rings is 1. The van der Waals surface area contributed by atoms with Crippen LogP contribution in [0.1, 0.15) is 42.6 Å². The van der Waals surface area contributed by atoms with Crippen LogP contribution in [0.2, 0.25) is 0 Å². The number of ether oxygens (including phenoxy) is 1. The maximum absolute atomic E-state index is 12.9. The average Bonchev–Trinajstić information content (AvgIpc) is 3.48. The quantitative estimate of drug-likeness (QED) is 0.326. The van der Waals surface area contributed by atoms with Gasteiger partial charge in [-0.05, 0) is 61.5 Å². The Balaban J connectivity index is 1.44. The first-order chi connectivity index (χ1) is 16.6. The smallest absolute Gasteiger partial charge is 0.293 e. The molecule has 0 aliphatic carbocycles. The molecule has 4 rings (SSSR count). The van der Waals surface area contributed by atoms with Gasteiger partial charge in [-0.3, -0.25) is 10.1 Å². The van der Waals surface area contributed by atoms with Gasteiger partial charge in [0.05, 0.1) is 11.0 Å². The van der Waals surface area contributed by atoms with Gasteiger partial charge in [-0.2, -0.15) is 0 Å². The molecule has 0 fully saturated rings. The van der Waals surface area contributed by atoms with Crippen LogP contribution in [0, 0.1) is 0 Å². The first-order valence-corrected chi connectivity index (χ1v) is 11.9. The van der Waals surface area contributed by atoms with E-state index in [-0.39, 0.29) is 18.3 Å². The van der Waals surface area contributed by atoms with Gasteiger partial charge in [-0.25, -0.2) is 4.98 Å². The number of nitrogens with zero attached hydrogens (tertiary/aromatic N) is 3. The van der Waals surface area contributed by atoms with E-state index in [0.29, 0.717) is 11.7 Å². The Kier molecular flexibility index (Phi) is 7.65. The molecule has 178 valence electrons. The van der Waals surface area contributed by atoms with Crippen LogP contribution in [0.25, 0.3) is 11.0 Å². The normalized spacial score (nSPS) is 11.3. The molecule has 0 aliphatic rings. The van der Waals surface area contributed by atoms with Crippen LogP contribution in [0.5, 0.6) is 5.75 Å². The van der Waals surface area contributed by atoms with E-state index in [1.54, 1.807) is 12.1 Å². The first kappa shape index (κ1) is 23.6. The SMILES string of the molecule is CCc1ccc(OCc2ccc(C(=O)Nc3nc4ccccc4n3CCN(CC)CC)o2)cc1. The molecule has 1 N–H and O–H groups in total. The molecular weight excluding hydrogens is 428 g/mol. The number of imidazole rings is 1. The van der Waals surface area contributed by atoms with Crippen molar-refractivity contribution >= 4 is 22.9 Å². The summed E-state index contributed by atoms with van der Waals surface area (Å²) in [5.74, 6) is 1.75. The third-order valence-corrected chi connectivity index (χ3v) is 6.01. The highest BCUT2D eigenvalue weighted by Crippen LogP contribution is 2.21. The van der Waals surface area contributed by atoms with Crippen molar-refractivity contribution < 1.29 is 13.9 Å². The fraction of sp³-hybridized carbons (Fsp3) is 0.333. The summed E-state index contributed by atoms with van der Waals surface area (Å²) in [5.41, 5.74) is 3.10. The van der Waals surface area contributed by atoms with Crippen LogP contribution in [0.3, 0.4) is 0 Å². The second kappa shape index (κ2) is 11.0. The zero-order valence-electron chi connectivity index (χ0n) is 20.1. The fourth-order valence-electron chi connectivity index (χ4n) is 3.90. The predicted molar refractivity (Wildman–Crippen MR) is 134 cm³/mol. The van der Waals surface area contributed by atoms with Gasteiger partial charge >= 0.3 is 0 Å². The van der Waals surface area contributed by atoms with Crippen LogP contribution < -0.4 is 10.1 Å². The molecule has 0 atom stereocenters. The fourth-order valence-corrected chi connectivity index (χ4v) is 3.90. The molecular formula is C27H32N4O3. The summed E-state index contributed by atoms with van der Waals surface area (Å²) >= 11 is 0. The number of rotatable bonds is 11. The molecule has 2 aromatic heterocycles. The number of hydrogen-bond donors (Lipinski definition) is 1. The van der Waals surface area contributed by atoms with Crippen molar-refractivity contribution in [2.75, 3.05) is 25.0 Å². The summed E-state index contributed by atoms with van der Waals surface area (Å²) in [4.78, 5) is 19.9. The van der Waals surface area contributed by atoms with Gasteiger partial charge in [-0.1, -0.05) is 45.0 Å². The molecule has 7 heteroatoms. The summed E-state index contributed by atoms with van der Waals surface area (Å²) in [5, 5.41) is 2.94. The minimum atomic E-state index is -0.335. The molecule has 7 nitrogen and oxygen atoms in total. The number of likely N-dealkylation sites (N-methyl/N-ethyl adjacent to an activating group) is 1. The highest BCUT2D eigenvalue weighted by molar-refractivity contribution is 6.02. The number of fused-ring (bicyclic) bond motifs is 1. The molecule has 0 saturated carbocycles. The van der Waals surface area contributed by atoms with E-state index in [4.69, 9.17) is 9.15 Å². The summed E-state index contributed by atoms with van der Waals surface area (Å²) in [6, 6.07) is 19.3. The third-order valence-electron chi connectivity index (χ3n) is 6.01. The molecule has 0 aliphatic heterocycles. The summed E-state index contributed by atoms with van der Waals surface area (Å²) in [7, 11) is 0. The Bertz CT molecular complexity index is 1220. The van der Waals surface area contributed by atoms with Crippen molar-refractivity contribution in [1.82, 2.24) is 14.5 Å². The lowest BCUT2D eigenvalue weighted by Crippen LogP contribution is -2.27. The maximum Gasteiger partial charge on any atom is 0.293 e. The van der Waals surface area contributed by atoms with Crippen molar-refractivity contribution in [3.05, 3.63) is 77.7 Å². The zero-order chi connectivity index (χ0) is 23.9. The van der Waals surface area contributed by atoms with Crippen molar-refractivity contribution in [1.29, 1.82) is 0 Å². The van der Waals surface area contributed by atoms with E-state index in [0.717, 1.165) is 49.4 Å². The summed E-state index contributed by atoms with van der Waals surface area (Å²) in [6.07, 6.45) is 0.986. The molecule has 0 unspecified atom stereocenters. The van der Waals surface area contributed by atoms with Crippen LogP contribution in [-0.2, 0) is 19.6 Å². The molecule has 0 radical (unpaired) electrons. The minimum Gasteiger partial charge on any atom is -0.486 e. The lowest BCUT2D eigenvalue weighted by molar-refractivity contribution is 0.0991. The number of hydrogen-bond acceptors (Lipinski definition) is 5. The van der Waals surface area contributed by atoms with E-state index in [2.05, 4.69) is 40.5 Å². The van der Waals surface area contributed by atoms with Crippen molar-refractivity contribution in [2.24, 2.45) is 0 Å². The van der Waals surface area contributed by atoms with Crippen LogP contribution in [0.15, 0.2) is 65.1 Å². The van der Waals surface area contributed by atoms with Crippen molar-refractivity contribution in [2.45, 2.75) is 40.3 Å². The summed E-state index contributed by atoms with van der Waals surface area (Å²) < 4.78 is 13.6. The molecule has 2 heterocycles. The molecule has 34 heavy (non-hydrogen) atoms. The topological polar surface area (TPSA) is 72.5 Å². The standard InChI is InChI=1S/C27H32N4O3/c1-4-20-11-13-21(14-12-20)33-19-22-15-16-25(34-22)26(32)29-27-28-23-9-7-8-10-24(23)31(27)18-17-30(5-2)6-3/h7-16H,4-6,17-19H2,1-3H3,(H,28,29,32). The highest BCUT2D eigenvalue weighted by Gasteiger charge is 2.17. The van der Waals surface area contributed by atoms with Crippen molar-refractivity contribution in [3.8, 4) is 5.75 Å². The molecule has 1 amide bonds. The van der Waals surface area contributed by atoms with Gasteiger partial charge in [0.1, 0.15) is 18.1 Å². The molecule has 0 saturated heterocycles. The van der Waals surface area contributed by atoms with Gasteiger partial charge in [0.25, 0.3) is 5.91 Å². The number of anilines is 1. The number of carbonyl (C=O) groups excluding carboxylic acids is 1. The number of aryl methyl sites for hydroxylation is 1. The molecule has 2 aromatic carbocycles. The van der Waals surface area contributed by atoms with Crippen molar-refractivity contribution in [3.63, 3.8) is 0 Å². The number of para-hydroxylation sites is 2. The van der Waals surface area contributed by atoms with E-state index < -0.39 is 0 Å². The van der Waals surface area contributed by atoms with E-state index in [9.17, 15) is 4.79 Å². The Labute approximate surface area is 200 Å². The number of nitrogens with one attached hydrogen (secondary N) is 1. The van der Waals surface area contributed by atoms with Gasteiger partial charge < -0.3 is 18.6 Å². The monoisotopic (exact) mass is 460 g/mol. The highest BCUT2D eigenvalue weighted by atomic mass is 16.5. The van der Waals surface area contributed by atoms with Crippen LogP contribution in [0.4, 0.5) is 5.95 Å². The van der Waals surface area contributed by atoms with Gasteiger partial charge in [0, 0.05) is 13.1 Å². The van der Waals surface area contributed by atoms with E-state index in [1.165, 1.54) is 5.56 Å². The number of amides is 1. The van der Waals surface area contributed by atoms with Crippen LogP contribution in [-0.4, -0.2) is 40.0 Å². The second-order valence-electron chi connectivity index (χ2n) is 8.11. The Morgan fingerprint density at radius 1 is 1.03 bits per heavy atom. The Hall–Kier alpha value is -3.58. The van der Waals surface area contributed by atoms with Crippen LogP contribution >= 0.6 is 0 Å². The number of aromatic nitrogens is 2.